The maximum atomic E-state index is 10.9. The summed E-state index contributed by atoms with van der Waals surface area (Å²) < 4.78 is 6.93. The van der Waals surface area contributed by atoms with E-state index in [1.54, 1.807) is 0 Å². The average molecular weight is 354 g/mol. The minimum Gasteiger partial charge on any atom is -0.481 e. The molecular formula is C16H20BrNO3. The smallest absolute Gasteiger partial charge is 0.304 e. The van der Waals surface area contributed by atoms with Crippen LogP contribution in [0.15, 0.2) is 33.2 Å². The fraction of sp³-hybridized carbons (Fsp3) is 0.438. The van der Waals surface area contributed by atoms with Gasteiger partial charge in [-0.3, -0.25) is 9.69 Å². The molecule has 5 heteroatoms. The predicted molar refractivity (Wildman–Crippen MR) is 86.4 cm³/mol. The highest BCUT2D eigenvalue weighted by molar-refractivity contribution is 9.10. The average Bonchev–Trinajstić information content (AvgIpc) is 2.81. The first kappa shape index (κ1) is 16.0. The third kappa shape index (κ3) is 3.66. The number of hydrogen-bond donors (Lipinski definition) is 1. The van der Waals surface area contributed by atoms with Crippen molar-refractivity contribution in [2.45, 2.75) is 39.3 Å². The number of hydrogen-bond acceptors (Lipinski definition) is 3. The molecule has 0 aliphatic rings. The Bertz CT molecular complexity index is 637. The standard InChI is InChI=1S/C16H20BrNO3/c1-4-18(10(2)7-16(19)20)11(3)15-9-12-8-13(17)5-6-14(12)21-15/h5-6,8-11H,4,7H2,1-3H3,(H,19,20). The van der Waals surface area contributed by atoms with Gasteiger partial charge < -0.3 is 9.52 Å². The second kappa shape index (κ2) is 6.62. The monoisotopic (exact) mass is 353 g/mol. The summed E-state index contributed by atoms with van der Waals surface area (Å²) in [5.74, 6) is 0.0869. The van der Waals surface area contributed by atoms with Crippen molar-refractivity contribution in [2.24, 2.45) is 0 Å². The zero-order chi connectivity index (χ0) is 15.6. The second-order valence-corrected chi connectivity index (χ2v) is 6.20. The van der Waals surface area contributed by atoms with Gasteiger partial charge >= 0.3 is 5.97 Å². The molecule has 0 amide bonds. The molecule has 0 fully saturated rings. The number of fused-ring (bicyclic) bond motifs is 1. The lowest BCUT2D eigenvalue weighted by atomic mass is 10.1. The van der Waals surface area contributed by atoms with E-state index >= 15 is 0 Å². The van der Waals surface area contributed by atoms with Crippen LogP contribution in [-0.2, 0) is 4.79 Å². The summed E-state index contributed by atoms with van der Waals surface area (Å²) in [7, 11) is 0. The molecule has 114 valence electrons. The van der Waals surface area contributed by atoms with Crippen molar-refractivity contribution < 1.29 is 14.3 Å². The first-order valence-corrected chi connectivity index (χ1v) is 7.88. The quantitative estimate of drug-likeness (QED) is 0.833. The van der Waals surface area contributed by atoms with Crippen LogP contribution in [-0.4, -0.2) is 28.6 Å². The third-order valence-corrected chi connectivity index (χ3v) is 4.30. The van der Waals surface area contributed by atoms with Crippen LogP contribution < -0.4 is 0 Å². The molecule has 2 aromatic rings. The van der Waals surface area contributed by atoms with Crippen molar-refractivity contribution in [2.75, 3.05) is 6.54 Å². The van der Waals surface area contributed by atoms with Crippen molar-refractivity contribution >= 4 is 32.9 Å². The Morgan fingerprint density at radius 2 is 2.10 bits per heavy atom. The zero-order valence-corrected chi connectivity index (χ0v) is 14.1. The van der Waals surface area contributed by atoms with Gasteiger partial charge in [0, 0.05) is 15.9 Å². The number of furan rings is 1. The van der Waals surface area contributed by atoms with Crippen molar-refractivity contribution in [3.05, 3.63) is 34.5 Å². The topological polar surface area (TPSA) is 53.7 Å². The summed E-state index contributed by atoms with van der Waals surface area (Å²) in [6, 6.07) is 7.93. The van der Waals surface area contributed by atoms with Gasteiger partial charge in [0.1, 0.15) is 11.3 Å². The fourth-order valence-electron chi connectivity index (χ4n) is 2.74. The Hall–Kier alpha value is -1.33. The van der Waals surface area contributed by atoms with E-state index in [2.05, 4.69) is 27.8 Å². The van der Waals surface area contributed by atoms with Gasteiger partial charge in [-0.2, -0.15) is 0 Å². The molecule has 2 rings (SSSR count). The molecule has 1 aromatic carbocycles. The van der Waals surface area contributed by atoms with Crippen LogP contribution in [0.2, 0.25) is 0 Å². The number of aliphatic carboxylic acids is 1. The van der Waals surface area contributed by atoms with Crippen LogP contribution in [0, 0.1) is 0 Å². The van der Waals surface area contributed by atoms with Gasteiger partial charge in [-0.25, -0.2) is 0 Å². The highest BCUT2D eigenvalue weighted by atomic mass is 79.9. The van der Waals surface area contributed by atoms with Gasteiger partial charge in [0.05, 0.1) is 12.5 Å². The normalized spacial score (nSPS) is 14.5. The van der Waals surface area contributed by atoms with E-state index in [9.17, 15) is 4.79 Å². The summed E-state index contributed by atoms with van der Waals surface area (Å²) in [4.78, 5) is 13.1. The summed E-state index contributed by atoms with van der Waals surface area (Å²) in [6.45, 7) is 6.80. The van der Waals surface area contributed by atoms with Crippen LogP contribution in [0.5, 0.6) is 0 Å². The zero-order valence-electron chi connectivity index (χ0n) is 12.5. The number of carboxylic acid groups (broad SMARTS) is 1. The summed E-state index contributed by atoms with van der Waals surface area (Å²) in [5.41, 5.74) is 0.849. The largest absolute Gasteiger partial charge is 0.481 e. The number of benzene rings is 1. The van der Waals surface area contributed by atoms with Crippen LogP contribution in [0.25, 0.3) is 11.0 Å². The molecule has 0 aliphatic carbocycles. The molecule has 1 heterocycles. The highest BCUT2D eigenvalue weighted by Gasteiger charge is 2.24. The van der Waals surface area contributed by atoms with E-state index in [0.29, 0.717) is 0 Å². The molecule has 0 spiro atoms. The van der Waals surface area contributed by atoms with E-state index in [1.807, 2.05) is 38.1 Å². The van der Waals surface area contributed by atoms with Gasteiger partial charge in [0.2, 0.25) is 0 Å². The maximum Gasteiger partial charge on any atom is 0.304 e. The summed E-state index contributed by atoms with van der Waals surface area (Å²) >= 11 is 3.45. The fourth-order valence-corrected chi connectivity index (χ4v) is 3.12. The molecule has 1 N–H and O–H groups in total. The molecule has 2 unspecified atom stereocenters. The molecule has 0 saturated carbocycles. The summed E-state index contributed by atoms with van der Waals surface area (Å²) in [5, 5.41) is 10.0. The van der Waals surface area contributed by atoms with Gasteiger partial charge in [-0.1, -0.05) is 22.9 Å². The minimum atomic E-state index is -0.776. The van der Waals surface area contributed by atoms with Crippen LogP contribution in [0.1, 0.15) is 39.0 Å². The Balaban J connectivity index is 2.26. The first-order valence-electron chi connectivity index (χ1n) is 7.09. The van der Waals surface area contributed by atoms with E-state index in [-0.39, 0.29) is 18.5 Å². The second-order valence-electron chi connectivity index (χ2n) is 5.28. The van der Waals surface area contributed by atoms with Crippen molar-refractivity contribution in [1.82, 2.24) is 4.90 Å². The third-order valence-electron chi connectivity index (χ3n) is 3.81. The van der Waals surface area contributed by atoms with E-state index in [0.717, 1.165) is 27.7 Å². The molecule has 2 atom stereocenters. The van der Waals surface area contributed by atoms with Crippen LogP contribution in [0.4, 0.5) is 0 Å². The van der Waals surface area contributed by atoms with Crippen LogP contribution >= 0.6 is 15.9 Å². The molecule has 0 aliphatic heterocycles. The Morgan fingerprint density at radius 1 is 1.38 bits per heavy atom. The minimum absolute atomic E-state index is 0.0375. The molecule has 1 aromatic heterocycles. The number of carboxylic acids is 1. The first-order chi connectivity index (χ1) is 9.92. The van der Waals surface area contributed by atoms with E-state index < -0.39 is 5.97 Å². The molecule has 0 saturated heterocycles. The molecule has 0 radical (unpaired) electrons. The Kier molecular flexibility index (Phi) is 5.06. The number of halogens is 1. The van der Waals surface area contributed by atoms with Crippen molar-refractivity contribution in [3.8, 4) is 0 Å². The van der Waals surface area contributed by atoms with Gasteiger partial charge in [-0.15, -0.1) is 0 Å². The number of nitrogens with zero attached hydrogens (tertiary/aromatic N) is 1. The Labute approximate surface area is 132 Å². The van der Waals surface area contributed by atoms with Gasteiger partial charge in [0.25, 0.3) is 0 Å². The number of carbonyl (C=O) groups is 1. The lowest BCUT2D eigenvalue weighted by molar-refractivity contribution is -0.138. The molecule has 0 bridgehead atoms. The SMILES string of the molecule is CCN(C(C)CC(=O)O)C(C)c1cc2cc(Br)ccc2o1. The van der Waals surface area contributed by atoms with E-state index in [4.69, 9.17) is 9.52 Å². The lowest BCUT2D eigenvalue weighted by Crippen LogP contribution is -2.36. The molecular weight excluding hydrogens is 334 g/mol. The summed E-state index contributed by atoms with van der Waals surface area (Å²) in [6.07, 6.45) is 0.129. The lowest BCUT2D eigenvalue weighted by Gasteiger charge is -2.31. The van der Waals surface area contributed by atoms with E-state index in [1.165, 1.54) is 0 Å². The van der Waals surface area contributed by atoms with Crippen molar-refractivity contribution in [1.29, 1.82) is 0 Å². The highest BCUT2D eigenvalue weighted by Crippen LogP contribution is 2.30. The number of rotatable bonds is 6. The van der Waals surface area contributed by atoms with Gasteiger partial charge in [0.15, 0.2) is 0 Å². The predicted octanol–water partition coefficient (Wildman–Crippen LogP) is 4.44. The van der Waals surface area contributed by atoms with Crippen molar-refractivity contribution in [3.63, 3.8) is 0 Å². The molecule has 21 heavy (non-hydrogen) atoms. The Morgan fingerprint density at radius 3 is 2.71 bits per heavy atom. The van der Waals surface area contributed by atoms with Crippen LogP contribution in [0.3, 0.4) is 0 Å². The van der Waals surface area contributed by atoms with Gasteiger partial charge in [-0.05, 0) is 44.7 Å². The molecule has 4 nitrogen and oxygen atoms in total. The maximum absolute atomic E-state index is 10.9.